The standard InChI is InChI=1S/C15H15NO4/c1-10(9-20-11(2)17)7-8-16-14(18)12-5-3-4-6-13(12)15(16)19/h3-7H,8-9H2,1-2H3/b10-7+. The molecule has 0 aromatic heterocycles. The molecule has 1 aromatic carbocycles. The molecule has 0 saturated heterocycles. The van der Waals surface area contributed by atoms with Crippen molar-refractivity contribution in [2.75, 3.05) is 13.2 Å². The summed E-state index contributed by atoms with van der Waals surface area (Å²) in [4.78, 5) is 36.0. The smallest absolute Gasteiger partial charge is 0.302 e. The summed E-state index contributed by atoms with van der Waals surface area (Å²) < 4.78 is 4.84. The van der Waals surface area contributed by atoms with Gasteiger partial charge in [0.15, 0.2) is 0 Å². The summed E-state index contributed by atoms with van der Waals surface area (Å²) in [6, 6.07) is 6.75. The predicted octanol–water partition coefficient (Wildman–Crippen LogP) is 1.79. The van der Waals surface area contributed by atoms with Crippen LogP contribution in [-0.4, -0.2) is 35.8 Å². The van der Waals surface area contributed by atoms with Crippen molar-refractivity contribution in [1.82, 2.24) is 4.90 Å². The Kier molecular flexibility index (Phi) is 3.98. The molecule has 2 amide bonds. The Morgan fingerprint density at radius 1 is 1.15 bits per heavy atom. The van der Waals surface area contributed by atoms with Crippen molar-refractivity contribution in [2.45, 2.75) is 13.8 Å². The van der Waals surface area contributed by atoms with Gasteiger partial charge in [-0.15, -0.1) is 0 Å². The van der Waals surface area contributed by atoms with E-state index in [0.717, 1.165) is 5.57 Å². The Morgan fingerprint density at radius 3 is 2.20 bits per heavy atom. The fourth-order valence-corrected chi connectivity index (χ4v) is 1.93. The fraction of sp³-hybridized carbons (Fsp3) is 0.267. The van der Waals surface area contributed by atoms with Crippen LogP contribution in [0.3, 0.4) is 0 Å². The Balaban J connectivity index is 2.05. The van der Waals surface area contributed by atoms with Gasteiger partial charge >= 0.3 is 5.97 Å². The highest BCUT2D eigenvalue weighted by Crippen LogP contribution is 2.22. The van der Waals surface area contributed by atoms with Gasteiger partial charge in [0, 0.05) is 13.5 Å². The molecule has 0 spiro atoms. The molecule has 1 aromatic rings. The number of rotatable bonds is 4. The molecule has 1 aliphatic rings. The highest BCUT2D eigenvalue weighted by atomic mass is 16.5. The number of carbonyl (C=O) groups excluding carboxylic acids is 3. The minimum atomic E-state index is -0.363. The zero-order chi connectivity index (χ0) is 14.7. The van der Waals surface area contributed by atoms with E-state index >= 15 is 0 Å². The fourth-order valence-electron chi connectivity index (χ4n) is 1.93. The monoisotopic (exact) mass is 273 g/mol. The maximum atomic E-state index is 12.1. The number of hydrogen-bond donors (Lipinski definition) is 0. The van der Waals surface area contributed by atoms with E-state index in [4.69, 9.17) is 4.74 Å². The van der Waals surface area contributed by atoms with Crippen LogP contribution in [0.4, 0.5) is 0 Å². The van der Waals surface area contributed by atoms with E-state index in [9.17, 15) is 14.4 Å². The van der Waals surface area contributed by atoms with Crippen LogP contribution in [0.2, 0.25) is 0 Å². The summed E-state index contributed by atoms with van der Waals surface area (Å²) in [6.45, 7) is 3.45. The normalized spacial score (nSPS) is 14.5. The molecular formula is C15H15NO4. The van der Waals surface area contributed by atoms with Crippen LogP contribution < -0.4 is 0 Å². The Morgan fingerprint density at radius 2 is 1.70 bits per heavy atom. The molecule has 0 aliphatic carbocycles. The minimum Gasteiger partial charge on any atom is -0.461 e. The quantitative estimate of drug-likeness (QED) is 0.476. The van der Waals surface area contributed by atoms with E-state index in [1.807, 2.05) is 0 Å². The molecule has 0 atom stereocenters. The topological polar surface area (TPSA) is 63.7 Å². The first-order valence-corrected chi connectivity index (χ1v) is 6.25. The Hall–Kier alpha value is -2.43. The molecule has 5 heteroatoms. The number of benzene rings is 1. The molecule has 0 bridgehead atoms. The molecule has 2 rings (SSSR count). The third-order valence-electron chi connectivity index (χ3n) is 3.00. The van der Waals surface area contributed by atoms with Gasteiger partial charge in [-0.05, 0) is 24.6 Å². The predicted molar refractivity (Wildman–Crippen MR) is 72.2 cm³/mol. The number of fused-ring (bicyclic) bond motifs is 1. The van der Waals surface area contributed by atoms with Crippen molar-refractivity contribution in [3.8, 4) is 0 Å². The van der Waals surface area contributed by atoms with Crippen LogP contribution in [0.1, 0.15) is 34.6 Å². The van der Waals surface area contributed by atoms with Gasteiger partial charge in [0.1, 0.15) is 6.61 Å². The van der Waals surface area contributed by atoms with Gasteiger partial charge < -0.3 is 4.74 Å². The number of nitrogens with zero attached hydrogens (tertiary/aromatic N) is 1. The van der Waals surface area contributed by atoms with Gasteiger partial charge in [-0.1, -0.05) is 18.2 Å². The lowest BCUT2D eigenvalue weighted by Crippen LogP contribution is -2.30. The molecule has 0 fully saturated rings. The first kappa shape index (κ1) is 14.0. The second-order valence-corrected chi connectivity index (χ2v) is 4.60. The molecule has 104 valence electrons. The van der Waals surface area contributed by atoms with E-state index < -0.39 is 0 Å². The summed E-state index contributed by atoms with van der Waals surface area (Å²) in [5.41, 5.74) is 1.66. The summed E-state index contributed by atoms with van der Waals surface area (Å²) in [5.74, 6) is -0.942. The van der Waals surface area contributed by atoms with Crippen LogP contribution in [0, 0.1) is 0 Å². The maximum Gasteiger partial charge on any atom is 0.302 e. The maximum absolute atomic E-state index is 12.1. The first-order valence-electron chi connectivity index (χ1n) is 6.25. The van der Waals surface area contributed by atoms with Crippen LogP contribution >= 0.6 is 0 Å². The van der Waals surface area contributed by atoms with E-state index in [1.165, 1.54) is 11.8 Å². The number of hydrogen-bond acceptors (Lipinski definition) is 4. The summed E-state index contributed by atoms with van der Waals surface area (Å²) >= 11 is 0. The first-order chi connectivity index (χ1) is 9.50. The lowest BCUT2D eigenvalue weighted by Gasteiger charge is -2.11. The third-order valence-corrected chi connectivity index (χ3v) is 3.00. The molecule has 5 nitrogen and oxygen atoms in total. The van der Waals surface area contributed by atoms with E-state index in [0.29, 0.717) is 11.1 Å². The number of esters is 1. The highest BCUT2D eigenvalue weighted by Gasteiger charge is 2.34. The number of imide groups is 1. The molecule has 0 unspecified atom stereocenters. The molecule has 20 heavy (non-hydrogen) atoms. The zero-order valence-corrected chi connectivity index (χ0v) is 11.4. The van der Waals surface area contributed by atoms with Crippen molar-refractivity contribution < 1.29 is 19.1 Å². The molecule has 0 saturated carbocycles. The minimum absolute atomic E-state index is 0.165. The molecule has 0 N–H and O–H groups in total. The second-order valence-electron chi connectivity index (χ2n) is 4.60. The average Bonchev–Trinajstić information content (AvgIpc) is 2.67. The zero-order valence-electron chi connectivity index (χ0n) is 11.4. The van der Waals surface area contributed by atoms with Gasteiger partial charge in [-0.2, -0.15) is 0 Å². The Bertz CT molecular complexity index is 569. The second kappa shape index (κ2) is 5.69. The van der Waals surface area contributed by atoms with Crippen molar-refractivity contribution in [3.05, 3.63) is 47.0 Å². The van der Waals surface area contributed by atoms with Crippen molar-refractivity contribution in [3.63, 3.8) is 0 Å². The number of carbonyl (C=O) groups is 3. The molecular weight excluding hydrogens is 258 g/mol. The van der Waals surface area contributed by atoms with Crippen molar-refractivity contribution in [1.29, 1.82) is 0 Å². The highest BCUT2D eigenvalue weighted by molar-refractivity contribution is 6.21. The van der Waals surface area contributed by atoms with Gasteiger partial charge in [0.2, 0.25) is 0 Å². The van der Waals surface area contributed by atoms with E-state index in [1.54, 1.807) is 37.3 Å². The van der Waals surface area contributed by atoms with Crippen molar-refractivity contribution in [2.24, 2.45) is 0 Å². The van der Waals surface area contributed by atoms with Gasteiger partial charge in [-0.25, -0.2) is 0 Å². The largest absolute Gasteiger partial charge is 0.461 e. The van der Waals surface area contributed by atoms with Gasteiger partial charge in [0.05, 0.1) is 11.1 Å². The van der Waals surface area contributed by atoms with Crippen molar-refractivity contribution >= 4 is 17.8 Å². The molecule has 1 heterocycles. The third kappa shape index (κ3) is 2.77. The molecule has 0 radical (unpaired) electrons. The van der Waals surface area contributed by atoms with Crippen LogP contribution in [0.5, 0.6) is 0 Å². The summed E-state index contributed by atoms with van der Waals surface area (Å²) in [7, 11) is 0. The average molecular weight is 273 g/mol. The van der Waals surface area contributed by atoms with Gasteiger partial charge in [0.25, 0.3) is 11.8 Å². The summed E-state index contributed by atoms with van der Waals surface area (Å²) in [6.07, 6.45) is 1.71. The van der Waals surface area contributed by atoms with Gasteiger partial charge in [-0.3, -0.25) is 19.3 Å². The number of ether oxygens (including phenoxy) is 1. The SMILES string of the molecule is CC(=O)OC/C(C)=C/CN1C(=O)c2ccccc2C1=O. The molecule has 1 aliphatic heterocycles. The Labute approximate surface area is 116 Å². The summed E-state index contributed by atoms with van der Waals surface area (Å²) in [5, 5.41) is 0. The lowest BCUT2D eigenvalue weighted by atomic mass is 10.1. The van der Waals surface area contributed by atoms with Crippen LogP contribution in [0.25, 0.3) is 0 Å². The van der Waals surface area contributed by atoms with E-state index in [-0.39, 0.29) is 30.9 Å². The lowest BCUT2D eigenvalue weighted by molar-refractivity contribution is -0.139. The van der Waals surface area contributed by atoms with Crippen LogP contribution in [0.15, 0.2) is 35.9 Å². The number of amides is 2. The van der Waals surface area contributed by atoms with Crippen LogP contribution in [-0.2, 0) is 9.53 Å². The van der Waals surface area contributed by atoms with E-state index in [2.05, 4.69) is 0 Å².